The monoisotopic (exact) mass is 308 g/mol. The third-order valence-corrected chi connectivity index (χ3v) is 3.95. The van der Waals surface area contributed by atoms with E-state index in [1.165, 1.54) is 0 Å². The molecule has 0 aliphatic carbocycles. The first-order valence-corrected chi connectivity index (χ1v) is 7.75. The fraction of sp³-hybridized carbons (Fsp3) is 0.533. The number of aromatic nitrogens is 1. The van der Waals surface area contributed by atoms with Gasteiger partial charge in [0.25, 0.3) is 5.91 Å². The van der Waals surface area contributed by atoms with Gasteiger partial charge in [0.15, 0.2) is 0 Å². The molecule has 0 spiro atoms. The van der Waals surface area contributed by atoms with E-state index in [-0.39, 0.29) is 5.91 Å². The van der Waals surface area contributed by atoms with Crippen molar-refractivity contribution in [3.63, 3.8) is 0 Å². The fourth-order valence-electron chi connectivity index (χ4n) is 2.19. The Kier molecular flexibility index (Phi) is 6.55. The Morgan fingerprint density at radius 3 is 2.14 bits per heavy atom. The zero-order valence-corrected chi connectivity index (χ0v) is 14.0. The number of hydrogen-bond acceptors (Lipinski definition) is 4. The number of carbonyl (C=O) groups excluding carboxylic acids is 1. The van der Waals surface area contributed by atoms with Crippen molar-refractivity contribution in [2.75, 3.05) is 31.9 Å². The quantitative estimate of drug-likeness (QED) is 0.816. The molecule has 0 saturated heterocycles. The number of thiocarbonyl (C=S) groups is 1. The Bertz CT molecular complexity index is 510. The summed E-state index contributed by atoms with van der Waals surface area (Å²) >= 11 is 5.50. The van der Waals surface area contributed by atoms with Crippen LogP contribution in [0.1, 0.15) is 43.7 Å². The summed E-state index contributed by atoms with van der Waals surface area (Å²) in [7, 11) is 0. The highest BCUT2D eigenvalue weighted by molar-refractivity contribution is 7.80. The van der Waals surface area contributed by atoms with Crippen molar-refractivity contribution in [1.82, 2.24) is 14.8 Å². The van der Waals surface area contributed by atoms with E-state index in [2.05, 4.69) is 4.98 Å². The van der Waals surface area contributed by atoms with Crippen molar-refractivity contribution in [2.24, 2.45) is 0 Å². The average molecular weight is 308 g/mol. The molecule has 116 valence electrons. The Morgan fingerprint density at radius 2 is 1.67 bits per heavy atom. The molecule has 1 aromatic rings. The van der Waals surface area contributed by atoms with Crippen LogP contribution in [0.25, 0.3) is 0 Å². The summed E-state index contributed by atoms with van der Waals surface area (Å²) in [5, 5.41) is 0. The molecule has 2 N–H and O–H groups in total. The largest absolute Gasteiger partial charge is 0.398 e. The molecule has 0 aromatic carbocycles. The van der Waals surface area contributed by atoms with Crippen molar-refractivity contribution >= 4 is 28.8 Å². The van der Waals surface area contributed by atoms with Gasteiger partial charge in [-0.15, -0.1) is 0 Å². The maximum Gasteiger partial charge on any atom is 0.258 e. The third kappa shape index (κ3) is 3.69. The van der Waals surface area contributed by atoms with Crippen molar-refractivity contribution < 1.29 is 4.79 Å². The van der Waals surface area contributed by atoms with Gasteiger partial charge >= 0.3 is 0 Å². The Morgan fingerprint density at radius 1 is 1.14 bits per heavy atom. The molecule has 0 atom stereocenters. The lowest BCUT2D eigenvalue weighted by Gasteiger charge is -2.25. The SMILES string of the molecule is CCN(CC)C(=O)c1c(N)ccnc1C(=S)N(CC)CC. The predicted molar refractivity (Wildman–Crippen MR) is 90.5 cm³/mol. The molecule has 5 nitrogen and oxygen atoms in total. The number of nitrogens with zero attached hydrogens (tertiary/aromatic N) is 3. The molecular weight excluding hydrogens is 284 g/mol. The first kappa shape index (κ1) is 17.4. The summed E-state index contributed by atoms with van der Waals surface area (Å²) in [5.41, 5.74) is 7.37. The summed E-state index contributed by atoms with van der Waals surface area (Å²) in [6.45, 7) is 10.7. The van der Waals surface area contributed by atoms with E-state index < -0.39 is 0 Å². The lowest BCUT2D eigenvalue weighted by atomic mass is 10.1. The van der Waals surface area contributed by atoms with Crippen molar-refractivity contribution in [3.05, 3.63) is 23.5 Å². The lowest BCUT2D eigenvalue weighted by molar-refractivity contribution is 0.0773. The van der Waals surface area contributed by atoms with Crippen molar-refractivity contribution in [2.45, 2.75) is 27.7 Å². The molecule has 0 aliphatic rings. The minimum Gasteiger partial charge on any atom is -0.398 e. The molecule has 0 bridgehead atoms. The standard InChI is InChI=1S/C15H24N4OS/c1-5-18(6-2)14(20)12-11(16)9-10-17-13(12)15(21)19(7-3)8-4/h9-10H,5-8H2,1-4H3,(H2,16,17). The number of rotatable bonds is 6. The van der Waals surface area contributed by atoms with Crippen LogP contribution in [0.3, 0.4) is 0 Å². The van der Waals surface area contributed by atoms with Crippen LogP contribution in [-0.4, -0.2) is 51.9 Å². The van der Waals surface area contributed by atoms with Crippen LogP contribution in [0.2, 0.25) is 0 Å². The molecular formula is C15H24N4OS. The lowest BCUT2D eigenvalue weighted by Crippen LogP contribution is -2.36. The first-order valence-electron chi connectivity index (χ1n) is 7.34. The first-order chi connectivity index (χ1) is 10.0. The molecule has 1 amide bonds. The molecule has 0 unspecified atom stereocenters. The maximum atomic E-state index is 12.7. The number of pyridine rings is 1. The van der Waals surface area contributed by atoms with Crippen LogP contribution in [0.15, 0.2) is 12.3 Å². The second-order valence-electron chi connectivity index (χ2n) is 4.58. The van der Waals surface area contributed by atoms with Gasteiger partial charge in [-0.05, 0) is 33.8 Å². The van der Waals surface area contributed by atoms with Crippen molar-refractivity contribution in [1.29, 1.82) is 0 Å². The molecule has 0 saturated carbocycles. The van der Waals surface area contributed by atoms with E-state index in [9.17, 15) is 4.79 Å². The van der Waals surface area contributed by atoms with Gasteiger partial charge in [-0.3, -0.25) is 9.78 Å². The third-order valence-electron chi connectivity index (χ3n) is 3.50. The summed E-state index contributed by atoms with van der Waals surface area (Å²) < 4.78 is 0. The predicted octanol–water partition coefficient (Wildman–Crippen LogP) is 2.16. The fourth-order valence-corrected chi connectivity index (χ4v) is 2.61. The van der Waals surface area contributed by atoms with Crippen LogP contribution < -0.4 is 5.73 Å². The van der Waals surface area contributed by atoms with Gasteiger partial charge in [0, 0.05) is 38.1 Å². The zero-order valence-electron chi connectivity index (χ0n) is 13.2. The van der Waals surface area contributed by atoms with Crippen LogP contribution in [0, 0.1) is 0 Å². The van der Waals surface area contributed by atoms with E-state index in [4.69, 9.17) is 18.0 Å². The highest BCUT2D eigenvalue weighted by atomic mass is 32.1. The van der Waals surface area contributed by atoms with E-state index in [0.717, 1.165) is 13.1 Å². The average Bonchev–Trinajstić information content (AvgIpc) is 2.49. The highest BCUT2D eigenvalue weighted by Crippen LogP contribution is 2.19. The van der Waals surface area contributed by atoms with Gasteiger partial charge in [-0.2, -0.15) is 0 Å². The molecule has 1 heterocycles. The van der Waals surface area contributed by atoms with E-state index >= 15 is 0 Å². The second-order valence-corrected chi connectivity index (χ2v) is 4.97. The number of carbonyl (C=O) groups is 1. The Balaban J connectivity index is 3.32. The van der Waals surface area contributed by atoms with Gasteiger partial charge in [-0.1, -0.05) is 12.2 Å². The van der Waals surface area contributed by atoms with Gasteiger partial charge in [-0.25, -0.2) is 0 Å². The number of amides is 1. The summed E-state index contributed by atoms with van der Waals surface area (Å²) in [4.78, 5) is 21.3. The normalized spacial score (nSPS) is 10.3. The van der Waals surface area contributed by atoms with Gasteiger partial charge in [0.1, 0.15) is 10.7 Å². The zero-order chi connectivity index (χ0) is 16.0. The van der Waals surface area contributed by atoms with Crippen LogP contribution >= 0.6 is 12.2 Å². The smallest absolute Gasteiger partial charge is 0.258 e. The minimum absolute atomic E-state index is 0.116. The molecule has 21 heavy (non-hydrogen) atoms. The number of nitrogens with two attached hydrogens (primary N) is 1. The maximum absolute atomic E-state index is 12.7. The van der Waals surface area contributed by atoms with Gasteiger partial charge in [0.05, 0.1) is 5.56 Å². The Hall–Kier alpha value is -1.69. The van der Waals surface area contributed by atoms with Crippen LogP contribution in [0.4, 0.5) is 5.69 Å². The molecule has 0 radical (unpaired) electrons. The van der Waals surface area contributed by atoms with Crippen molar-refractivity contribution in [3.8, 4) is 0 Å². The number of nitrogen functional groups attached to an aromatic ring is 1. The van der Waals surface area contributed by atoms with E-state index in [1.54, 1.807) is 17.2 Å². The second kappa shape index (κ2) is 7.93. The molecule has 1 aromatic heterocycles. The van der Waals surface area contributed by atoms with Crippen LogP contribution in [0.5, 0.6) is 0 Å². The molecule has 0 aliphatic heterocycles. The summed E-state index contributed by atoms with van der Waals surface area (Å²) in [6, 6.07) is 1.64. The molecule has 0 fully saturated rings. The number of hydrogen-bond donors (Lipinski definition) is 1. The van der Waals surface area contributed by atoms with Crippen LogP contribution in [-0.2, 0) is 0 Å². The highest BCUT2D eigenvalue weighted by Gasteiger charge is 2.24. The molecule has 1 rings (SSSR count). The molecule has 6 heteroatoms. The minimum atomic E-state index is -0.116. The summed E-state index contributed by atoms with van der Waals surface area (Å²) in [6.07, 6.45) is 1.60. The van der Waals surface area contributed by atoms with Gasteiger partial charge < -0.3 is 15.5 Å². The van der Waals surface area contributed by atoms with E-state index in [0.29, 0.717) is 35.0 Å². The van der Waals surface area contributed by atoms with E-state index in [1.807, 2.05) is 32.6 Å². The van der Waals surface area contributed by atoms with Gasteiger partial charge in [0.2, 0.25) is 0 Å². The topological polar surface area (TPSA) is 62.5 Å². The summed E-state index contributed by atoms with van der Waals surface area (Å²) in [5.74, 6) is -0.116. The Labute approximate surface area is 132 Å². The number of anilines is 1.